The van der Waals surface area contributed by atoms with Crippen molar-refractivity contribution >= 4 is 40.3 Å². The van der Waals surface area contributed by atoms with Crippen LogP contribution >= 0.6 is 24.0 Å². The molecule has 0 radical (unpaired) electrons. The van der Waals surface area contributed by atoms with E-state index in [1.807, 2.05) is 30.3 Å². The molecular formula is C24H27NO3S2. The summed E-state index contributed by atoms with van der Waals surface area (Å²) < 4.78 is 12.4. The zero-order chi connectivity index (χ0) is 21.7. The number of carbonyl (C=O) groups excluding carboxylic acids is 1. The molecule has 1 aliphatic rings. The molecule has 1 aliphatic heterocycles. The lowest BCUT2D eigenvalue weighted by Crippen LogP contribution is -2.22. The Hall–Kier alpha value is -2.31. The molecule has 1 fully saturated rings. The van der Waals surface area contributed by atoms with Crippen LogP contribution in [0.4, 0.5) is 0 Å². The summed E-state index contributed by atoms with van der Waals surface area (Å²) in [7, 11) is 1.70. The Kier molecular flexibility index (Phi) is 7.56. The Balaban J connectivity index is 1.47. The van der Waals surface area contributed by atoms with E-state index < -0.39 is 0 Å². The minimum absolute atomic E-state index is 0.0560. The number of thiocarbonyl (C=S) groups is 1. The first-order valence-corrected chi connectivity index (χ1v) is 11.3. The number of rotatable bonds is 8. The fraction of sp³-hybridized carbons (Fsp3) is 0.333. The van der Waals surface area contributed by atoms with Gasteiger partial charge in [-0.1, -0.05) is 62.1 Å². The lowest BCUT2D eigenvalue weighted by atomic mass is 10.0. The smallest absolute Gasteiger partial charge is 0.265 e. The fourth-order valence-corrected chi connectivity index (χ4v) is 4.21. The third kappa shape index (κ3) is 5.64. The molecule has 0 bridgehead atoms. The summed E-state index contributed by atoms with van der Waals surface area (Å²) in [6.07, 6.45) is 2.65. The van der Waals surface area contributed by atoms with Crippen LogP contribution in [0, 0.1) is 6.92 Å². The van der Waals surface area contributed by atoms with Crippen molar-refractivity contribution in [2.45, 2.75) is 33.1 Å². The Labute approximate surface area is 188 Å². The van der Waals surface area contributed by atoms with Gasteiger partial charge in [0.15, 0.2) is 0 Å². The first-order chi connectivity index (χ1) is 14.3. The minimum atomic E-state index is -0.0560. The maximum atomic E-state index is 12.1. The fourth-order valence-electron chi connectivity index (χ4n) is 3.03. The number of amides is 1. The van der Waals surface area contributed by atoms with Gasteiger partial charge in [0.25, 0.3) is 5.91 Å². The van der Waals surface area contributed by atoms with E-state index in [1.54, 1.807) is 7.05 Å². The van der Waals surface area contributed by atoms with Gasteiger partial charge in [0.2, 0.25) is 0 Å². The van der Waals surface area contributed by atoms with Crippen LogP contribution in [0.25, 0.3) is 6.08 Å². The van der Waals surface area contributed by atoms with Gasteiger partial charge < -0.3 is 9.47 Å². The number of ether oxygens (including phenoxy) is 2. The highest BCUT2D eigenvalue weighted by molar-refractivity contribution is 8.26. The second-order valence-electron chi connectivity index (χ2n) is 7.56. The molecule has 2 aromatic carbocycles. The van der Waals surface area contributed by atoms with Crippen LogP contribution in [0.3, 0.4) is 0 Å². The van der Waals surface area contributed by atoms with E-state index in [0.29, 0.717) is 28.4 Å². The lowest BCUT2D eigenvalue weighted by Gasteiger charge is -2.15. The molecule has 0 spiro atoms. The van der Waals surface area contributed by atoms with Gasteiger partial charge in [0.05, 0.1) is 18.1 Å². The zero-order valence-corrected chi connectivity index (χ0v) is 19.4. The molecule has 0 saturated carbocycles. The molecule has 0 unspecified atom stereocenters. The number of hydrogen-bond donors (Lipinski definition) is 0. The van der Waals surface area contributed by atoms with Crippen LogP contribution in [0.2, 0.25) is 0 Å². The number of thioether (sulfide) groups is 1. The maximum absolute atomic E-state index is 12.1. The van der Waals surface area contributed by atoms with Gasteiger partial charge in [-0.25, -0.2) is 0 Å². The molecule has 0 atom stereocenters. The monoisotopic (exact) mass is 441 g/mol. The number of nitrogens with zero attached hydrogens (tertiary/aromatic N) is 1. The topological polar surface area (TPSA) is 38.8 Å². The van der Waals surface area contributed by atoms with Crippen LogP contribution in [0.15, 0.2) is 47.4 Å². The highest BCUT2D eigenvalue weighted by Crippen LogP contribution is 2.31. The molecule has 2 aromatic rings. The van der Waals surface area contributed by atoms with Crippen molar-refractivity contribution in [2.24, 2.45) is 0 Å². The average Bonchev–Trinajstić information content (AvgIpc) is 2.95. The second kappa shape index (κ2) is 10.1. The molecule has 1 heterocycles. The number of benzene rings is 2. The van der Waals surface area contributed by atoms with Gasteiger partial charge in [-0.3, -0.25) is 9.69 Å². The highest BCUT2D eigenvalue weighted by Gasteiger charge is 2.28. The van der Waals surface area contributed by atoms with Crippen LogP contribution in [-0.2, 0) is 4.79 Å². The van der Waals surface area contributed by atoms with E-state index in [2.05, 4.69) is 39.0 Å². The van der Waals surface area contributed by atoms with Gasteiger partial charge in [0, 0.05) is 13.5 Å². The number of aryl methyl sites for hydroxylation is 1. The van der Waals surface area contributed by atoms with E-state index in [4.69, 9.17) is 21.7 Å². The predicted molar refractivity (Wildman–Crippen MR) is 128 cm³/mol. The number of hydrogen-bond acceptors (Lipinski definition) is 5. The van der Waals surface area contributed by atoms with E-state index in [-0.39, 0.29) is 5.91 Å². The van der Waals surface area contributed by atoms with Crippen LogP contribution in [0.1, 0.15) is 42.9 Å². The average molecular weight is 442 g/mol. The molecule has 4 nitrogen and oxygen atoms in total. The lowest BCUT2D eigenvalue weighted by molar-refractivity contribution is -0.121. The van der Waals surface area contributed by atoms with Crippen molar-refractivity contribution in [3.05, 3.63) is 64.1 Å². The summed E-state index contributed by atoms with van der Waals surface area (Å²) in [4.78, 5) is 14.2. The Bertz CT molecular complexity index is 951. The zero-order valence-electron chi connectivity index (χ0n) is 17.8. The molecule has 0 aromatic heterocycles. The predicted octanol–water partition coefficient (Wildman–Crippen LogP) is 5.80. The maximum Gasteiger partial charge on any atom is 0.265 e. The van der Waals surface area contributed by atoms with Crippen molar-refractivity contribution in [2.75, 3.05) is 20.3 Å². The van der Waals surface area contributed by atoms with Crippen LogP contribution < -0.4 is 9.47 Å². The van der Waals surface area contributed by atoms with Crippen molar-refractivity contribution in [3.8, 4) is 11.5 Å². The molecule has 3 rings (SSSR count). The van der Waals surface area contributed by atoms with E-state index in [9.17, 15) is 4.79 Å². The standard InChI is InChI=1S/C24H27NO3S2/c1-16(2)20-11-6-17(3)14-21(20)28-13-5-12-27-19-9-7-18(8-10-19)15-22-23(26)25(4)24(29)30-22/h6-11,14-16H,5,12-13H2,1-4H3. The van der Waals surface area contributed by atoms with E-state index >= 15 is 0 Å². The van der Waals surface area contributed by atoms with Crippen molar-refractivity contribution < 1.29 is 14.3 Å². The molecule has 6 heteroatoms. The van der Waals surface area contributed by atoms with E-state index in [0.717, 1.165) is 23.5 Å². The molecule has 30 heavy (non-hydrogen) atoms. The third-order valence-corrected chi connectivity index (χ3v) is 6.26. The number of likely N-dealkylation sites (N-methyl/N-ethyl adjacent to an activating group) is 1. The highest BCUT2D eigenvalue weighted by atomic mass is 32.2. The Morgan fingerprint density at radius 1 is 1.10 bits per heavy atom. The summed E-state index contributed by atoms with van der Waals surface area (Å²) >= 11 is 6.48. The minimum Gasteiger partial charge on any atom is -0.493 e. The van der Waals surface area contributed by atoms with Crippen molar-refractivity contribution in [3.63, 3.8) is 0 Å². The largest absolute Gasteiger partial charge is 0.493 e. The van der Waals surface area contributed by atoms with Gasteiger partial charge in [-0.05, 0) is 53.8 Å². The van der Waals surface area contributed by atoms with Gasteiger partial charge in [-0.2, -0.15) is 0 Å². The molecule has 1 amide bonds. The summed E-state index contributed by atoms with van der Waals surface area (Å²) in [5.41, 5.74) is 3.38. The second-order valence-corrected chi connectivity index (χ2v) is 9.23. The van der Waals surface area contributed by atoms with Gasteiger partial charge in [-0.15, -0.1) is 0 Å². The Morgan fingerprint density at radius 2 is 1.80 bits per heavy atom. The molecule has 0 N–H and O–H groups in total. The van der Waals surface area contributed by atoms with Gasteiger partial charge in [0.1, 0.15) is 15.8 Å². The summed E-state index contributed by atoms with van der Waals surface area (Å²) in [6.45, 7) is 7.62. The first-order valence-electron chi connectivity index (χ1n) is 10.0. The SMILES string of the molecule is Cc1ccc(C(C)C)c(OCCCOc2ccc(C=C3SC(=S)N(C)C3=O)cc2)c1. The van der Waals surface area contributed by atoms with Gasteiger partial charge >= 0.3 is 0 Å². The third-order valence-electron chi connectivity index (χ3n) is 4.77. The molecule has 0 aliphatic carbocycles. The molecule has 158 valence electrons. The molecule has 1 saturated heterocycles. The van der Waals surface area contributed by atoms with Crippen molar-refractivity contribution in [1.29, 1.82) is 0 Å². The van der Waals surface area contributed by atoms with Crippen LogP contribution in [0.5, 0.6) is 11.5 Å². The number of carbonyl (C=O) groups is 1. The summed E-state index contributed by atoms with van der Waals surface area (Å²) in [6, 6.07) is 14.1. The summed E-state index contributed by atoms with van der Waals surface area (Å²) in [5.74, 6) is 2.14. The summed E-state index contributed by atoms with van der Waals surface area (Å²) in [5, 5.41) is 0. The van der Waals surface area contributed by atoms with E-state index in [1.165, 1.54) is 27.8 Å². The molecular weight excluding hydrogens is 414 g/mol. The Morgan fingerprint density at radius 3 is 2.43 bits per heavy atom. The first kappa shape index (κ1) is 22.4. The quantitative estimate of drug-likeness (QED) is 0.294. The normalized spacial score (nSPS) is 15.4. The van der Waals surface area contributed by atoms with Crippen LogP contribution in [-0.4, -0.2) is 35.4 Å². The van der Waals surface area contributed by atoms with Crippen molar-refractivity contribution in [1.82, 2.24) is 4.90 Å².